The predicted molar refractivity (Wildman–Crippen MR) is 165 cm³/mol. The number of nitrogens with zero attached hydrogens (tertiary/aromatic N) is 1. The number of nitrogens with one attached hydrogen (secondary N) is 3. The second kappa shape index (κ2) is 15.8. The number of hydrogen-bond acceptors (Lipinski definition) is 4. The highest BCUT2D eigenvalue weighted by atomic mass is 16.2. The van der Waals surface area contributed by atoms with Crippen molar-refractivity contribution in [2.24, 2.45) is 28.1 Å². The third kappa shape index (κ3) is 9.65. The molecule has 3 rings (SSSR count). The summed E-state index contributed by atoms with van der Waals surface area (Å²) in [6.45, 7) is 4.59. The SMILES string of the molecule is CC(C)C(NC(N)=O)c1ccc(CNC(=O)[C@@H](CCCN=C(N)N)NC(=O)C(c2ccccc2)c2ccccc2)cc1. The summed E-state index contributed by atoms with van der Waals surface area (Å²) in [5.74, 6) is -1.06. The Labute approximate surface area is 247 Å². The number of carbonyl (C=O) groups excluding carboxylic acids is 3. The van der Waals surface area contributed by atoms with Gasteiger partial charge in [-0.2, -0.15) is 0 Å². The minimum absolute atomic E-state index is 0.0255. The van der Waals surface area contributed by atoms with Crippen LogP contribution in [-0.2, 0) is 16.1 Å². The number of guanidine groups is 1. The number of urea groups is 1. The van der Waals surface area contributed by atoms with E-state index in [1.165, 1.54) is 0 Å². The molecule has 0 aromatic heterocycles. The molecule has 10 nitrogen and oxygen atoms in total. The summed E-state index contributed by atoms with van der Waals surface area (Å²) in [4.78, 5) is 42.5. The van der Waals surface area contributed by atoms with Gasteiger partial charge in [0, 0.05) is 13.1 Å². The van der Waals surface area contributed by atoms with E-state index in [4.69, 9.17) is 17.2 Å². The van der Waals surface area contributed by atoms with E-state index in [0.717, 1.165) is 22.3 Å². The summed E-state index contributed by atoms with van der Waals surface area (Å²) in [5, 5.41) is 8.69. The van der Waals surface area contributed by atoms with E-state index in [-0.39, 0.29) is 36.3 Å². The molecule has 3 aromatic carbocycles. The molecule has 0 fully saturated rings. The molecule has 2 atom stereocenters. The Morgan fingerprint density at radius 2 is 1.31 bits per heavy atom. The quantitative estimate of drug-likeness (QED) is 0.0988. The highest BCUT2D eigenvalue weighted by molar-refractivity contribution is 5.92. The lowest BCUT2D eigenvalue weighted by atomic mass is 9.90. The zero-order chi connectivity index (χ0) is 30.5. The first-order valence-electron chi connectivity index (χ1n) is 14.0. The average Bonchev–Trinajstić information content (AvgIpc) is 2.97. The van der Waals surface area contributed by atoms with E-state index in [9.17, 15) is 14.4 Å². The monoisotopic (exact) mass is 571 g/mol. The van der Waals surface area contributed by atoms with Crippen molar-refractivity contribution in [1.82, 2.24) is 16.0 Å². The Hall–Kier alpha value is -4.86. The molecule has 0 aliphatic heterocycles. The second-order valence-corrected chi connectivity index (χ2v) is 10.5. The lowest BCUT2D eigenvalue weighted by molar-refractivity contribution is -0.129. The van der Waals surface area contributed by atoms with Crippen molar-refractivity contribution in [2.75, 3.05) is 6.54 Å². The van der Waals surface area contributed by atoms with Crippen molar-refractivity contribution in [3.05, 3.63) is 107 Å². The summed E-state index contributed by atoms with van der Waals surface area (Å²) in [5.41, 5.74) is 19.7. The molecule has 3 aromatic rings. The highest BCUT2D eigenvalue weighted by Crippen LogP contribution is 2.25. The van der Waals surface area contributed by atoms with E-state index in [1.807, 2.05) is 98.8 Å². The number of amides is 4. The molecule has 1 unspecified atom stereocenters. The van der Waals surface area contributed by atoms with Crippen LogP contribution < -0.4 is 33.2 Å². The van der Waals surface area contributed by atoms with E-state index in [1.54, 1.807) is 0 Å². The van der Waals surface area contributed by atoms with Crippen molar-refractivity contribution in [1.29, 1.82) is 0 Å². The van der Waals surface area contributed by atoms with Gasteiger partial charge in [-0.05, 0) is 41.0 Å². The van der Waals surface area contributed by atoms with Crippen LogP contribution in [0.4, 0.5) is 4.79 Å². The topological polar surface area (TPSA) is 178 Å². The Morgan fingerprint density at radius 1 is 0.738 bits per heavy atom. The van der Waals surface area contributed by atoms with Crippen molar-refractivity contribution in [3.8, 4) is 0 Å². The number of nitrogens with two attached hydrogens (primary N) is 3. The van der Waals surface area contributed by atoms with Crippen LogP contribution in [0.2, 0.25) is 0 Å². The maximum Gasteiger partial charge on any atom is 0.312 e. The lowest BCUT2D eigenvalue weighted by Gasteiger charge is -2.23. The highest BCUT2D eigenvalue weighted by Gasteiger charge is 2.27. The van der Waals surface area contributed by atoms with Gasteiger partial charge >= 0.3 is 6.03 Å². The van der Waals surface area contributed by atoms with Crippen molar-refractivity contribution < 1.29 is 14.4 Å². The zero-order valence-corrected chi connectivity index (χ0v) is 24.1. The largest absolute Gasteiger partial charge is 0.370 e. The van der Waals surface area contributed by atoms with Gasteiger partial charge in [0.1, 0.15) is 6.04 Å². The number of benzene rings is 3. The smallest absolute Gasteiger partial charge is 0.312 e. The summed E-state index contributed by atoms with van der Waals surface area (Å²) in [6, 6.07) is 24.9. The molecule has 0 saturated heterocycles. The van der Waals surface area contributed by atoms with Gasteiger partial charge in [0.05, 0.1) is 12.0 Å². The third-order valence-corrected chi connectivity index (χ3v) is 6.88. The van der Waals surface area contributed by atoms with Gasteiger partial charge < -0.3 is 33.2 Å². The van der Waals surface area contributed by atoms with E-state index in [2.05, 4.69) is 20.9 Å². The standard InChI is InChI=1S/C32H41N7O3/c1-21(2)28(39-32(35)42)25-17-15-22(16-18-25)20-37-29(40)26(14-9-19-36-31(33)34)38-30(41)27(23-10-5-3-6-11-23)24-12-7-4-8-13-24/h3-8,10-13,15-18,21,26-28H,9,14,19-20H2,1-2H3,(H,37,40)(H,38,41)(H4,33,34,36)(H3,35,39,42)/t26-,28?/m1/s1. The first kappa shape index (κ1) is 31.7. The number of primary amides is 1. The van der Waals surface area contributed by atoms with Gasteiger partial charge in [-0.1, -0.05) is 98.8 Å². The van der Waals surface area contributed by atoms with Crippen molar-refractivity contribution in [3.63, 3.8) is 0 Å². The molecule has 10 heteroatoms. The van der Waals surface area contributed by atoms with Gasteiger partial charge in [0.15, 0.2) is 5.96 Å². The molecule has 0 radical (unpaired) electrons. The Kier molecular flexibility index (Phi) is 11.9. The van der Waals surface area contributed by atoms with E-state index in [0.29, 0.717) is 19.4 Å². The number of hydrogen-bond donors (Lipinski definition) is 6. The molecule has 9 N–H and O–H groups in total. The van der Waals surface area contributed by atoms with Gasteiger partial charge in [0.2, 0.25) is 11.8 Å². The molecule has 0 spiro atoms. The van der Waals surface area contributed by atoms with Crippen molar-refractivity contribution in [2.45, 2.75) is 51.2 Å². The van der Waals surface area contributed by atoms with Crippen LogP contribution in [0.3, 0.4) is 0 Å². The number of aliphatic imine (C=N–C) groups is 1. The van der Waals surface area contributed by atoms with E-state index < -0.39 is 18.0 Å². The third-order valence-electron chi connectivity index (χ3n) is 6.88. The lowest BCUT2D eigenvalue weighted by Crippen LogP contribution is -2.48. The molecule has 0 heterocycles. The fourth-order valence-corrected chi connectivity index (χ4v) is 4.76. The Morgan fingerprint density at radius 3 is 1.81 bits per heavy atom. The predicted octanol–water partition coefficient (Wildman–Crippen LogP) is 3.04. The Bertz CT molecular complexity index is 1290. The van der Waals surface area contributed by atoms with Crippen LogP contribution in [0, 0.1) is 5.92 Å². The molecule has 0 saturated carbocycles. The molecule has 4 amide bonds. The molecule has 0 bridgehead atoms. The molecule has 0 aliphatic rings. The maximum atomic E-state index is 13.7. The summed E-state index contributed by atoms with van der Waals surface area (Å²) < 4.78 is 0. The fourth-order valence-electron chi connectivity index (χ4n) is 4.76. The summed E-state index contributed by atoms with van der Waals surface area (Å²) in [6.07, 6.45) is 0.841. The molecular weight excluding hydrogens is 530 g/mol. The average molecular weight is 572 g/mol. The zero-order valence-electron chi connectivity index (χ0n) is 24.1. The minimum atomic E-state index is -0.800. The van der Waals surface area contributed by atoms with Crippen LogP contribution in [0.1, 0.15) is 60.9 Å². The van der Waals surface area contributed by atoms with Crippen LogP contribution in [-0.4, -0.2) is 36.4 Å². The molecular formula is C32H41N7O3. The number of carbonyl (C=O) groups is 3. The number of rotatable bonds is 14. The normalized spacial score (nSPS) is 12.3. The van der Waals surface area contributed by atoms with Crippen LogP contribution in [0.25, 0.3) is 0 Å². The van der Waals surface area contributed by atoms with E-state index >= 15 is 0 Å². The summed E-state index contributed by atoms with van der Waals surface area (Å²) >= 11 is 0. The summed E-state index contributed by atoms with van der Waals surface area (Å²) in [7, 11) is 0. The molecule has 42 heavy (non-hydrogen) atoms. The van der Waals surface area contributed by atoms with Gasteiger partial charge in [0.25, 0.3) is 0 Å². The van der Waals surface area contributed by atoms with Crippen LogP contribution >= 0.6 is 0 Å². The van der Waals surface area contributed by atoms with Gasteiger partial charge in [-0.15, -0.1) is 0 Å². The van der Waals surface area contributed by atoms with Gasteiger partial charge in [-0.3, -0.25) is 14.6 Å². The van der Waals surface area contributed by atoms with Gasteiger partial charge in [-0.25, -0.2) is 4.79 Å². The van der Waals surface area contributed by atoms with Crippen LogP contribution in [0.15, 0.2) is 89.9 Å². The second-order valence-electron chi connectivity index (χ2n) is 10.5. The first-order valence-corrected chi connectivity index (χ1v) is 14.0. The minimum Gasteiger partial charge on any atom is -0.370 e. The molecule has 222 valence electrons. The van der Waals surface area contributed by atoms with Crippen molar-refractivity contribution >= 4 is 23.8 Å². The fraction of sp³-hybridized carbons (Fsp3) is 0.312. The molecule has 0 aliphatic carbocycles. The maximum absolute atomic E-state index is 13.7. The van der Waals surface area contributed by atoms with Crippen LogP contribution in [0.5, 0.6) is 0 Å². The first-order chi connectivity index (χ1) is 20.2. The Balaban J connectivity index is 1.74.